The summed E-state index contributed by atoms with van der Waals surface area (Å²) >= 11 is 0.677. The minimum absolute atomic E-state index is 0.0926. The maximum absolute atomic E-state index is 10.1. The summed E-state index contributed by atoms with van der Waals surface area (Å²) in [5, 5.41) is 0. The van der Waals surface area contributed by atoms with Crippen molar-refractivity contribution < 1.29 is 18.0 Å². The third-order valence-electron chi connectivity index (χ3n) is 0.864. The van der Waals surface area contributed by atoms with Gasteiger partial charge in [0.05, 0.1) is 7.11 Å². The average Bonchev–Trinajstić information content (AvgIpc) is 2.28. The molecule has 0 aromatic heterocycles. The highest BCUT2D eigenvalue weighted by atomic mass is 32.2. The van der Waals surface area contributed by atoms with E-state index in [1.165, 1.54) is 39.0 Å². The summed E-state index contributed by atoms with van der Waals surface area (Å²) < 4.78 is 13.9. The summed E-state index contributed by atoms with van der Waals surface area (Å²) in [6.45, 7) is 4.58. The molecule has 1 unspecified atom stereocenters. The van der Waals surface area contributed by atoms with Crippen molar-refractivity contribution in [2.75, 3.05) is 61.1 Å². The third kappa shape index (κ3) is 218. The van der Waals surface area contributed by atoms with Gasteiger partial charge in [0.1, 0.15) is 5.78 Å². The molecule has 0 aliphatic heterocycles. The second-order valence-corrected chi connectivity index (χ2v) is 6.59. The minimum Gasteiger partial charge on any atom is -0.349 e. The van der Waals surface area contributed by atoms with Gasteiger partial charge in [0.2, 0.25) is 5.91 Å². The number of nitrogens with zero attached hydrogens (tertiary/aromatic N) is 2. The molecular formula is C14H36N2O4S2. The van der Waals surface area contributed by atoms with Gasteiger partial charge in [0, 0.05) is 27.3 Å². The number of Topliss-reactive ketones (excluding diaryl/α,β-unsaturated/α-hetero) is 1. The van der Waals surface area contributed by atoms with Crippen LogP contribution in [0.2, 0.25) is 0 Å². The monoisotopic (exact) mass is 360 g/mol. The lowest BCUT2D eigenvalue weighted by atomic mass is 10.6. The van der Waals surface area contributed by atoms with E-state index in [0.29, 0.717) is 0 Å². The molecule has 0 radical (unpaired) electrons. The zero-order valence-electron chi connectivity index (χ0n) is 16.3. The van der Waals surface area contributed by atoms with Crippen molar-refractivity contribution >= 4 is 34.5 Å². The first kappa shape index (κ1) is 33.2. The molecule has 1 atom stereocenters. The van der Waals surface area contributed by atoms with Crippen LogP contribution in [0.5, 0.6) is 0 Å². The van der Waals surface area contributed by atoms with Crippen LogP contribution in [0.25, 0.3) is 0 Å². The molecule has 0 rings (SSSR count). The minimum atomic E-state index is -1.07. The molecule has 0 aromatic carbocycles. The quantitative estimate of drug-likeness (QED) is 0.710. The van der Waals surface area contributed by atoms with Gasteiger partial charge in [0.15, 0.2) is 11.1 Å². The third-order valence-corrected chi connectivity index (χ3v) is 1.33. The van der Waals surface area contributed by atoms with E-state index in [1.807, 2.05) is 38.6 Å². The van der Waals surface area contributed by atoms with Crippen LogP contribution >= 0.6 is 11.8 Å². The molecule has 1 amide bonds. The predicted molar refractivity (Wildman–Crippen MR) is 101 cm³/mol. The molecular weight excluding hydrogens is 324 g/mol. The van der Waals surface area contributed by atoms with Crippen LogP contribution in [0, 0.1) is 0 Å². The zero-order chi connectivity index (χ0) is 19.3. The van der Waals surface area contributed by atoms with Gasteiger partial charge in [-0.15, -0.1) is 0 Å². The first-order valence-corrected chi connectivity index (χ1v) is 9.45. The predicted octanol–water partition coefficient (Wildman–Crippen LogP) is 1.77. The Balaban J connectivity index is -0.0000000559. The Labute approximate surface area is 144 Å². The van der Waals surface area contributed by atoms with E-state index >= 15 is 0 Å². The van der Waals surface area contributed by atoms with Crippen LogP contribution in [0.15, 0.2) is 0 Å². The highest BCUT2D eigenvalue weighted by Crippen LogP contribution is 1.70. The zero-order valence-corrected chi connectivity index (χ0v) is 18.0. The fourth-order valence-corrected chi connectivity index (χ4v) is 0. The van der Waals surface area contributed by atoms with Crippen molar-refractivity contribution in [3.63, 3.8) is 0 Å². The van der Waals surface area contributed by atoms with Crippen molar-refractivity contribution in [2.45, 2.75) is 20.8 Å². The molecule has 0 saturated carbocycles. The molecule has 0 fully saturated rings. The van der Waals surface area contributed by atoms with Crippen molar-refractivity contribution in [1.82, 2.24) is 9.80 Å². The smallest absolute Gasteiger partial charge is 0.218 e. The molecule has 0 bridgehead atoms. The number of rotatable bonds is 1. The topological polar surface area (TPSA) is 66.9 Å². The molecule has 22 heavy (non-hydrogen) atoms. The largest absolute Gasteiger partial charge is 0.349 e. The van der Waals surface area contributed by atoms with E-state index < -0.39 is 11.1 Å². The molecule has 138 valence electrons. The van der Waals surface area contributed by atoms with Crippen LogP contribution < -0.4 is 0 Å². The lowest BCUT2D eigenvalue weighted by Crippen LogP contribution is -2.17. The summed E-state index contributed by atoms with van der Waals surface area (Å²) in [7, 11) is 10.8. The SMILES string of the molecule is CC(=O)N(C)C.CC(C)=O.CN(C)C.COS(C)=O.CSC. The van der Waals surface area contributed by atoms with E-state index in [9.17, 15) is 13.8 Å². The van der Waals surface area contributed by atoms with Gasteiger partial charge in [-0.1, -0.05) is 0 Å². The van der Waals surface area contributed by atoms with Crippen LogP contribution in [0.1, 0.15) is 20.8 Å². The molecule has 0 heterocycles. The number of hydrogen-bond acceptors (Lipinski definition) is 6. The maximum Gasteiger partial charge on any atom is 0.218 e. The van der Waals surface area contributed by atoms with Gasteiger partial charge in [-0.2, -0.15) is 11.8 Å². The normalized spacial score (nSPS) is 9.14. The van der Waals surface area contributed by atoms with Crippen molar-refractivity contribution in [1.29, 1.82) is 0 Å². The lowest BCUT2D eigenvalue weighted by molar-refractivity contribution is -0.126. The standard InChI is InChI=1S/C4H9NO.C3H9N.C3H6O.C2H6O2S.C2H6S/c1-4(6)5(2)3;1-4(2)3;1-3(2)4;1-4-5(2)3;1-3-2/h1-3H3;1-3H3;1-2H3;1-2H3;1-2H3. The van der Waals surface area contributed by atoms with Gasteiger partial charge in [0.25, 0.3) is 0 Å². The summed E-state index contributed by atoms with van der Waals surface area (Å²) in [4.78, 5) is 23.0. The summed E-state index contributed by atoms with van der Waals surface area (Å²) in [6, 6.07) is 0. The number of carbonyl (C=O) groups is 2. The number of hydrogen-bond donors (Lipinski definition) is 0. The van der Waals surface area contributed by atoms with Crippen molar-refractivity contribution in [3.05, 3.63) is 0 Å². The average molecular weight is 361 g/mol. The summed E-state index contributed by atoms with van der Waals surface area (Å²) in [5.41, 5.74) is 0. The van der Waals surface area contributed by atoms with E-state index in [0.717, 1.165) is 0 Å². The Morgan fingerprint density at radius 2 is 1.05 bits per heavy atom. The fourth-order valence-electron chi connectivity index (χ4n) is 0. The van der Waals surface area contributed by atoms with Gasteiger partial charge < -0.3 is 14.6 Å². The van der Waals surface area contributed by atoms with E-state index in [2.05, 4.69) is 4.18 Å². The first-order valence-electron chi connectivity index (χ1n) is 6.33. The van der Waals surface area contributed by atoms with Crippen LogP contribution in [-0.2, 0) is 24.9 Å². The number of amides is 1. The van der Waals surface area contributed by atoms with Crippen LogP contribution in [0.4, 0.5) is 0 Å². The Morgan fingerprint density at radius 3 is 1.05 bits per heavy atom. The Morgan fingerprint density at radius 1 is 0.955 bits per heavy atom. The number of ketones is 1. The van der Waals surface area contributed by atoms with E-state index in [4.69, 9.17) is 0 Å². The van der Waals surface area contributed by atoms with Gasteiger partial charge in [-0.3, -0.25) is 8.98 Å². The molecule has 0 saturated heterocycles. The molecule has 0 aliphatic carbocycles. The Kier molecular flexibility index (Phi) is 43.3. The highest BCUT2D eigenvalue weighted by molar-refractivity contribution is 7.97. The van der Waals surface area contributed by atoms with Crippen LogP contribution in [-0.4, -0.2) is 86.8 Å². The molecule has 8 heteroatoms. The summed E-state index contributed by atoms with van der Waals surface area (Å²) in [5.74, 6) is 0.259. The second kappa shape index (κ2) is 28.7. The number of thioether (sulfide) groups is 1. The molecule has 0 N–H and O–H groups in total. The number of carbonyl (C=O) groups excluding carboxylic acids is 2. The van der Waals surface area contributed by atoms with Crippen molar-refractivity contribution in [2.24, 2.45) is 0 Å². The maximum atomic E-state index is 10.1. The fraction of sp³-hybridized carbons (Fsp3) is 0.857. The molecule has 0 aliphatic rings. The second-order valence-electron chi connectivity index (χ2n) is 4.64. The lowest BCUT2D eigenvalue weighted by Gasteiger charge is -2.02. The van der Waals surface area contributed by atoms with Gasteiger partial charge >= 0.3 is 0 Å². The highest BCUT2D eigenvalue weighted by Gasteiger charge is 1.87. The molecule has 0 aromatic rings. The first-order chi connectivity index (χ1) is 9.79. The van der Waals surface area contributed by atoms with Gasteiger partial charge in [-0.05, 0) is 47.5 Å². The van der Waals surface area contributed by atoms with Crippen molar-refractivity contribution in [3.8, 4) is 0 Å². The Bertz CT molecular complexity index is 254. The van der Waals surface area contributed by atoms with E-state index in [-0.39, 0.29) is 11.7 Å². The Hall–Kier alpha value is -0.440. The summed E-state index contributed by atoms with van der Waals surface area (Å²) in [6.07, 6.45) is 5.56. The van der Waals surface area contributed by atoms with E-state index in [1.54, 1.807) is 25.9 Å². The molecule has 0 spiro atoms. The van der Waals surface area contributed by atoms with Crippen LogP contribution in [0.3, 0.4) is 0 Å². The molecule has 6 nitrogen and oxygen atoms in total. The van der Waals surface area contributed by atoms with Gasteiger partial charge in [-0.25, -0.2) is 4.21 Å².